The van der Waals surface area contributed by atoms with Crippen LogP contribution in [0.3, 0.4) is 0 Å². The Morgan fingerprint density at radius 1 is 1.12 bits per heavy atom. The van der Waals surface area contributed by atoms with Gasteiger partial charge in [0.25, 0.3) is 0 Å². The molecule has 0 aliphatic heterocycles. The number of hydrogen-bond acceptors (Lipinski definition) is 7. The van der Waals surface area contributed by atoms with Gasteiger partial charge in [0.1, 0.15) is 22.2 Å². The zero-order chi connectivity index (χ0) is 23.4. The molecule has 34 heavy (non-hydrogen) atoms. The van der Waals surface area contributed by atoms with Crippen LogP contribution in [0.5, 0.6) is 0 Å². The number of furan rings is 1. The van der Waals surface area contributed by atoms with Gasteiger partial charge in [0.2, 0.25) is 0 Å². The molecule has 1 N–H and O–H groups in total. The van der Waals surface area contributed by atoms with Gasteiger partial charge in [0, 0.05) is 41.0 Å². The molecule has 9 nitrogen and oxygen atoms in total. The quantitative estimate of drug-likeness (QED) is 0.304. The molecule has 0 fully saturated rings. The third-order valence-corrected chi connectivity index (χ3v) is 6.71. The van der Waals surface area contributed by atoms with Gasteiger partial charge < -0.3 is 9.32 Å². The molecule has 0 unspecified atom stereocenters. The van der Waals surface area contributed by atoms with Crippen LogP contribution in [0.15, 0.2) is 63.6 Å². The molecule has 2 aromatic carbocycles. The van der Waals surface area contributed by atoms with Gasteiger partial charge in [0.05, 0.1) is 10.7 Å². The number of hydrogen-bond donors (Lipinski definition) is 1. The van der Waals surface area contributed by atoms with Crippen molar-refractivity contribution >= 4 is 55.7 Å². The average Bonchev–Trinajstić information content (AvgIpc) is 3.58. The summed E-state index contributed by atoms with van der Waals surface area (Å²) in [6.45, 7) is 1.93. The molecule has 0 bridgehead atoms. The summed E-state index contributed by atoms with van der Waals surface area (Å²) in [6.07, 6.45) is 1.60. The van der Waals surface area contributed by atoms with Gasteiger partial charge in [-0.15, -0.1) is 5.10 Å². The predicted octanol–water partition coefficient (Wildman–Crippen LogP) is 5.81. The van der Waals surface area contributed by atoms with Crippen LogP contribution in [-0.4, -0.2) is 42.3 Å². The second kappa shape index (κ2) is 7.93. The number of aromatic amines is 1. The fourth-order valence-corrected chi connectivity index (χ4v) is 4.78. The molecular formula is C23H16BrClN8O. The van der Waals surface area contributed by atoms with Gasteiger partial charge >= 0.3 is 0 Å². The number of H-pyrrole nitrogens is 1. The standard InChI is InChI=1S/C23H16BrClN8O/c1-12-9-19(33-23(27-12)17(25)11-26-33)32(2)13-7-8-18-16(10-13)20(24)21(34-18)14-5-3-4-6-15(14)22-28-30-31-29-22/h3-11H,1-2H3,(H,28,29,30,31). The number of fused-ring (bicyclic) bond motifs is 2. The minimum Gasteiger partial charge on any atom is -0.455 e. The van der Waals surface area contributed by atoms with E-state index >= 15 is 0 Å². The van der Waals surface area contributed by atoms with E-state index in [-0.39, 0.29) is 0 Å². The van der Waals surface area contributed by atoms with E-state index in [4.69, 9.17) is 16.0 Å². The Bertz CT molecular complexity index is 1670. The van der Waals surface area contributed by atoms with Crippen LogP contribution >= 0.6 is 27.5 Å². The van der Waals surface area contributed by atoms with E-state index in [0.29, 0.717) is 22.3 Å². The lowest BCUT2D eigenvalue weighted by Crippen LogP contribution is -2.14. The molecule has 0 atom stereocenters. The maximum Gasteiger partial charge on any atom is 0.180 e. The molecule has 0 radical (unpaired) electrons. The minimum absolute atomic E-state index is 0.511. The van der Waals surface area contributed by atoms with Crippen LogP contribution in [0.1, 0.15) is 5.69 Å². The van der Waals surface area contributed by atoms with Crippen molar-refractivity contribution in [3.63, 3.8) is 0 Å². The molecule has 0 amide bonds. The third-order valence-electron chi connectivity index (χ3n) is 5.65. The normalized spacial score (nSPS) is 11.5. The summed E-state index contributed by atoms with van der Waals surface area (Å²) in [5.74, 6) is 2.11. The first kappa shape index (κ1) is 20.8. The Kier molecular flexibility index (Phi) is 4.85. The molecular weight excluding hydrogens is 520 g/mol. The van der Waals surface area contributed by atoms with E-state index in [1.54, 1.807) is 10.7 Å². The molecule has 6 aromatic rings. The zero-order valence-electron chi connectivity index (χ0n) is 18.0. The number of halogens is 2. The SMILES string of the molecule is Cc1cc(N(C)c2ccc3oc(-c4ccccc4-c4nnn[nH]4)c(Br)c3c2)n2ncc(Cl)c2n1. The van der Waals surface area contributed by atoms with E-state index in [1.807, 2.05) is 61.3 Å². The van der Waals surface area contributed by atoms with Crippen LogP contribution in [0.25, 0.3) is 39.3 Å². The van der Waals surface area contributed by atoms with Crippen molar-refractivity contribution < 1.29 is 4.42 Å². The second-order valence-corrected chi connectivity index (χ2v) is 8.96. The molecule has 0 spiro atoms. The van der Waals surface area contributed by atoms with E-state index < -0.39 is 0 Å². The smallest absolute Gasteiger partial charge is 0.180 e. The van der Waals surface area contributed by atoms with Crippen LogP contribution < -0.4 is 4.90 Å². The van der Waals surface area contributed by atoms with Crippen molar-refractivity contribution in [3.8, 4) is 22.7 Å². The van der Waals surface area contributed by atoms with Crippen molar-refractivity contribution in [2.24, 2.45) is 0 Å². The Hall–Kier alpha value is -3.76. The van der Waals surface area contributed by atoms with Gasteiger partial charge in [-0.3, -0.25) is 0 Å². The minimum atomic E-state index is 0.511. The van der Waals surface area contributed by atoms with E-state index in [2.05, 4.69) is 52.7 Å². The fourth-order valence-electron chi connectivity index (χ4n) is 4.01. The first-order valence-corrected chi connectivity index (χ1v) is 11.5. The average molecular weight is 536 g/mol. The highest BCUT2D eigenvalue weighted by Crippen LogP contribution is 2.42. The Morgan fingerprint density at radius 3 is 2.74 bits per heavy atom. The summed E-state index contributed by atoms with van der Waals surface area (Å²) in [4.78, 5) is 6.54. The maximum atomic E-state index is 6.28. The van der Waals surface area contributed by atoms with Crippen LogP contribution in [0, 0.1) is 6.92 Å². The van der Waals surface area contributed by atoms with Crippen molar-refractivity contribution in [1.82, 2.24) is 35.2 Å². The molecule has 168 valence electrons. The Morgan fingerprint density at radius 2 is 1.94 bits per heavy atom. The summed E-state index contributed by atoms with van der Waals surface area (Å²) < 4.78 is 8.84. The van der Waals surface area contributed by atoms with Gasteiger partial charge in [0.15, 0.2) is 11.5 Å². The molecule has 4 heterocycles. The first-order chi connectivity index (χ1) is 16.5. The third kappa shape index (κ3) is 3.25. The van der Waals surface area contributed by atoms with Gasteiger partial charge in [-0.2, -0.15) is 9.61 Å². The van der Waals surface area contributed by atoms with Crippen LogP contribution in [0.2, 0.25) is 5.02 Å². The number of tetrazole rings is 1. The highest BCUT2D eigenvalue weighted by Gasteiger charge is 2.20. The number of anilines is 2. The van der Waals surface area contributed by atoms with E-state index in [0.717, 1.165) is 43.8 Å². The van der Waals surface area contributed by atoms with Crippen LogP contribution in [-0.2, 0) is 0 Å². The van der Waals surface area contributed by atoms with Crippen molar-refractivity contribution in [2.75, 3.05) is 11.9 Å². The van der Waals surface area contributed by atoms with Crippen LogP contribution in [0.4, 0.5) is 11.5 Å². The lowest BCUT2D eigenvalue weighted by molar-refractivity contribution is 0.630. The zero-order valence-corrected chi connectivity index (χ0v) is 20.3. The Labute approximate surface area is 206 Å². The number of nitrogens with one attached hydrogen (secondary N) is 1. The number of aromatic nitrogens is 7. The highest BCUT2D eigenvalue weighted by molar-refractivity contribution is 9.10. The summed E-state index contributed by atoms with van der Waals surface area (Å²) in [7, 11) is 1.98. The van der Waals surface area contributed by atoms with Gasteiger partial charge in [-0.1, -0.05) is 35.9 Å². The lowest BCUT2D eigenvalue weighted by atomic mass is 10.0. The maximum absolute atomic E-state index is 6.28. The monoisotopic (exact) mass is 534 g/mol. The molecule has 6 rings (SSSR count). The lowest BCUT2D eigenvalue weighted by Gasteiger charge is -2.20. The van der Waals surface area contributed by atoms with Crippen molar-refractivity contribution in [1.29, 1.82) is 0 Å². The second-order valence-electron chi connectivity index (χ2n) is 7.76. The number of rotatable bonds is 4. The molecule has 4 aromatic heterocycles. The number of benzene rings is 2. The molecule has 0 saturated heterocycles. The molecule has 0 saturated carbocycles. The van der Waals surface area contributed by atoms with E-state index in [1.165, 1.54) is 0 Å². The van der Waals surface area contributed by atoms with Crippen molar-refractivity contribution in [3.05, 3.63) is 69.9 Å². The molecule has 0 aliphatic carbocycles. The summed E-state index contributed by atoms with van der Waals surface area (Å²) in [5, 5.41) is 20.1. The topological polar surface area (TPSA) is 101 Å². The highest BCUT2D eigenvalue weighted by atomic mass is 79.9. The Balaban J connectivity index is 1.47. The predicted molar refractivity (Wildman–Crippen MR) is 133 cm³/mol. The fraction of sp³-hybridized carbons (Fsp3) is 0.0870. The summed E-state index contributed by atoms with van der Waals surface area (Å²) in [5.41, 5.74) is 4.89. The summed E-state index contributed by atoms with van der Waals surface area (Å²) in [6, 6.07) is 15.8. The molecule has 11 heteroatoms. The van der Waals surface area contributed by atoms with Crippen molar-refractivity contribution in [2.45, 2.75) is 6.92 Å². The van der Waals surface area contributed by atoms with E-state index in [9.17, 15) is 0 Å². The largest absolute Gasteiger partial charge is 0.455 e. The molecule has 0 aliphatic rings. The number of nitrogens with zero attached hydrogens (tertiary/aromatic N) is 7. The first-order valence-electron chi connectivity index (χ1n) is 10.3. The van der Waals surface area contributed by atoms with Gasteiger partial charge in [-0.05, 0) is 51.5 Å². The number of aryl methyl sites for hydroxylation is 1. The summed E-state index contributed by atoms with van der Waals surface area (Å²) >= 11 is 10.0. The van der Waals surface area contributed by atoms with Gasteiger partial charge in [-0.25, -0.2) is 10.1 Å².